The van der Waals surface area contributed by atoms with Gasteiger partial charge in [0.05, 0.1) is 46.9 Å². The van der Waals surface area contributed by atoms with Crippen LogP contribution in [0.1, 0.15) is 149 Å². The monoisotopic (exact) mass is 1610 g/mol. The van der Waals surface area contributed by atoms with Crippen molar-refractivity contribution >= 4 is 98.3 Å². The first-order valence-electron chi connectivity index (χ1n) is 27.9. The summed E-state index contributed by atoms with van der Waals surface area (Å²) in [6.07, 6.45) is -3.22. The molecule has 0 radical (unpaired) electrons. The average molecular weight is 1610 g/mol. The van der Waals surface area contributed by atoms with Crippen LogP contribution in [0.3, 0.4) is 0 Å². The molecule has 0 atom stereocenters. The fourth-order valence-corrected chi connectivity index (χ4v) is 5.72. The normalized spacial score (nSPS) is 13.4. The average Bonchev–Trinajstić information content (AvgIpc) is 0.786. The predicted molar refractivity (Wildman–Crippen MR) is 301 cm³/mol. The molecule has 0 aliphatic rings. The van der Waals surface area contributed by atoms with Crippen LogP contribution >= 0.6 is 0 Å². The minimum Gasteiger partial charge on any atom is -0.743 e. The van der Waals surface area contributed by atoms with Crippen LogP contribution in [0.5, 0.6) is 0 Å². The van der Waals surface area contributed by atoms with Crippen LogP contribution in [0.2, 0.25) is 0 Å². The highest BCUT2D eigenvalue weighted by atomic mass is 32.2. The van der Waals surface area contributed by atoms with Crippen LogP contribution in [0.25, 0.3) is 0 Å². The molecular formula is C50H75F14O32S5-5. The van der Waals surface area contributed by atoms with Gasteiger partial charge in [0.2, 0.25) is 6.79 Å². The number of unbranched alkanes of at least 4 members (excludes halogenated alkanes) is 1. The molecule has 0 rings (SSSR count). The first-order chi connectivity index (χ1) is 44.5. The van der Waals surface area contributed by atoms with Gasteiger partial charge in [-0.25, -0.2) is 56.5 Å². The number of hydrogen-bond acceptors (Lipinski definition) is 32. The van der Waals surface area contributed by atoms with Crippen molar-refractivity contribution in [3.63, 3.8) is 0 Å². The summed E-state index contributed by atoms with van der Waals surface area (Å²) < 4.78 is 367. The highest BCUT2D eigenvalue weighted by Crippen LogP contribution is 2.40. The highest BCUT2D eigenvalue weighted by molar-refractivity contribution is 7.88. The number of esters is 8. The maximum atomic E-state index is 12.9. The second-order valence-corrected chi connectivity index (χ2v) is 30.2. The van der Waals surface area contributed by atoms with Crippen molar-refractivity contribution in [1.82, 2.24) is 0 Å². The smallest absolute Gasteiger partial charge is 0.433 e. The van der Waals surface area contributed by atoms with Gasteiger partial charge in [0.1, 0.15) is 19.8 Å². The largest absolute Gasteiger partial charge is 0.743 e. The van der Waals surface area contributed by atoms with Crippen molar-refractivity contribution in [2.45, 2.75) is 187 Å². The van der Waals surface area contributed by atoms with Crippen LogP contribution in [-0.2, 0) is 132 Å². The van der Waals surface area contributed by atoms with Gasteiger partial charge in [-0.3, -0.25) is 24.0 Å². The Morgan fingerprint density at radius 1 is 0.287 bits per heavy atom. The third kappa shape index (κ3) is 32.9. The van der Waals surface area contributed by atoms with Crippen LogP contribution in [0.15, 0.2) is 0 Å². The van der Waals surface area contributed by atoms with E-state index in [1.807, 2.05) is 6.92 Å². The van der Waals surface area contributed by atoms with Crippen LogP contribution < -0.4 is 0 Å². The quantitative estimate of drug-likeness (QED) is 0.0170. The molecule has 0 bridgehead atoms. The number of carbonyl (C=O) groups is 8. The van der Waals surface area contributed by atoms with E-state index in [1.54, 1.807) is 48.5 Å². The van der Waals surface area contributed by atoms with Crippen LogP contribution in [0.4, 0.5) is 61.5 Å². The Morgan fingerprint density at radius 3 is 0.752 bits per heavy atom. The van der Waals surface area contributed by atoms with E-state index in [0.717, 1.165) is 0 Å². The summed E-state index contributed by atoms with van der Waals surface area (Å²) in [4.78, 5) is 89.2. The minimum absolute atomic E-state index is 0.00998. The van der Waals surface area contributed by atoms with E-state index < -0.39 is 210 Å². The lowest BCUT2D eigenvalue weighted by molar-refractivity contribution is -0.320. The Bertz CT molecular complexity index is 3360. The summed E-state index contributed by atoms with van der Waals surface area (Å²) in [6, 6.07) is 0. The molecule has 0 unspecified atom stereocenters. The van der Waals surface area contributed by atoms with Crippen molar-refractivity contribution in [2.24, 2.45) is 27.1 Å². The fraction of sp³-hybridized carbons (Fsp3) is 0.840. The van der Waals surface area contributed by atoms with E-state index in [-0.39, 0.29) is 25.9 Å². The molecule has 0 aliphatic carbocycles. The first kappa shape index (κ1) is 104. The van der Waals surface area contributed by atoms with Gasteiger partial charge in [-0.05, 0) is 114 Å². The SMILES string of the molecule is CCC(C)(C)C(=O)OCC(F)(F)C(F)(F)S(=O)(=O)[O-].CCC(C)(C)C(=O)OCCCCOC(=O)C(F)(F)S(=O)(=O)[O-].CCC(C)(C)C(=O)OCCOC(=O)C(F)(F)S(=O)(=O)[O-].CCC(C)(C)C(=O)OCCOC(F)(F)C(F)(F)S(=O)(=O)[O-].CCC(C)(C)C(=O)OCOC(=O)C(F)(F)S(=O)(=O)[O-]. The molecule has 101 heavy (non-hydrogen) atoms. The third-order valence-electron chi connectivity index (χ3n) is 13.1. The predicted octanol–water partition coefficient (Wildman–Crippen LogP) is 6.13. The molecule has 0 amide bonds. The van der Waals surface area contributed by atoms with Crippen molar-refractivity contribution < 1.29 is 207 Å². The summed E-state index contributed by atoms with van der Waals surface area (Å²) in [5.41, 5.74) is -4.42. The summed E-state index contributed by atoms with van der Waals surface area (Å²) in [6.45, 7) is 16.6. The molecule has 0 aromatic heterocycles. The lowest BCUT2D eigenvalue weighted by Crippen LogP contribution is -2.50. The topological polar surface area (TPSA) is 506 Å². The zero-order valence-electron chi connectivity index (χ0n) is 56.0. The van der Waals surface area contributed by atoms with Gasteiger partial charge in [-0.2, -0.15) is 61.5 Å². The summed E-state index contributed by atoms with van der Waals surface area (Å²) in [5, 5.41) is -27.3. The number of halogens is 14. The molecule has 0 saturated heterocycles. The Kier molecular flexibility index (Phi) is 40.6. The Labute approximate surface area is 570 Å². The van der Waals surface area contributed by atoms with Gasteiger partial charge in [0.25, 0.3) is 0 Å². The van der Waals surface area contributed by atoms with Crippen LogP contribution in [-0.4, -0.2) is 204 Å². The molecular weight excluding hydrogens is 1540 g/mol. The molecule has 0 aliphatic heterocycles. The van der Waals surface area contributed by atoms with E-state index in [2.05, 4.69) is 37.9 Å². The Morgan fingerprint density at radius 2 is 0.495 bits per heavy atom. The first-order valence-corrected chi connectivity index (χ1v) is 34.9. The number of carbonyl (C=O) groups excluding carboxylic acids is 8. The van der Waals surface area contributed by atoms with Gasteiger partial charge in [-0.15, -0.1) is 0 Å². The van der Waals surface area contributed by atoms with Crippen LogP contribution in [0, 0.1) is 27.1 Å². The highest BCUT2D eigenvalue weighted by Gasteiger charge is 2.64. The molecule has 0 aromatic rings. The van der Waals surface area contributed by atoms with E-state index in [4.69, 9.17) is 4.74 Å². The number of hydrogen-bond donors (Lipinski definition) is 0. The number of alkyl halides is 14. The van der Waals surface area contributed by atoms with Gasteiger partial charge < -0.3 is 65.4 Å². The van der Waals surface area contributed by atoms with Crippen molar-refractivity contribution in [3.8, 4) is 0 Å². The maximum Gasteiger partial charge on any atom is 0.433 e. The van der Waals surface area contributed by atoms with Crippen molar-refractivity contribution in [3.05, 3.63) is 0 Å². The maximum absolute atomic E-state index is 12.9. The van der Waals surface area contributed by atoms with Crippen molar-refractivity contribution in [1.29, 1.82) is 0 Å². The van der Waals surface area contributed by atoms with E-state index in [1.165, 1.54) is 48.5 Å². The number of rotatable bonds is 36. The molecule has 51 heteroatoms. The van der Waals surface area contributed by atoms with Gasteiger partial charge >= 0.3 is 86.1 Å². The molecule has 600 valence electrons. The van der Waals surface area contributed by atoms with E-state index in [9.17, 15) is 165 Å². The number of ether oxygens (including phenoxy) is 9. The molecule has 32 nitrogen and oxygen atoms in total. The second kappa shape index (κ2) is 39.4. The zero-order chi connectivity index (χ0) is 82.1. The third-order valence-corrected chi connectivity index (χ3v) is 17.3. The molecule has 0 heterocycles. The fourth-order valence-electron chi connectivity index (χ4n) is 4.15. The molecule has 0 spiro atoms. The molecule has 0 fully saturated rings. The second-order valence-electron chi connectivity index (χ2n) is 23.1. The van der Waals surface area contributed by atoms with Gasteiger partial charge in [0, 0.05) is 0 Å². The molecule has 0 N–H and O–H groups in total. The Hall–Kier alpha value is -5.71. The molecule has 0 saturated carbocycles. The summed E-state index contributed by atoms with van der Waals surface area (Å²) >= 11 is 0. The van der Waals surface area contributed by atoms with E-state index >= 15 is 0 Å². The lowest BCUT2D eigenvalue weighted by Gasteiger charge is -2.29. The van der Waals surface area contributed by atoms with E-state index in [0.29, 0.717) is 25.7 Å². The minimum atomic E-state index is -6.61. The Balaban J connectivity index is -0.000000381. The molecule has 0 aromatic carbocycles. The van der Waals surface area contributed by atoms with Gasteiger partial charge in [0.15, 0.2) is 57.2 Å². The standard InChI is InChI=1S/C12H20F2O7S.C10H16F4O6S.C10H16F2O7S.C9H14F4O5S.C9H14F2O7S/c1-4-11(2,3)9(15)20-7-5-6-8-21-10(16)12(13,14)22(17,18)19;1-4-8(2,3)7(15)19-5-6-20-9(11,12)10(13,14)21(16,17)18;1-4-9(2,3)7(13)18-5-6-19-8(14)10(11,12)20(15,16)17;1-4-7(2,3)6(14)18-5-8(10,11)9(12,13)19(15,16)17;1-4-8(2,3)6(12)17-5-18-7(13)9(10,11)19(14,15)16/h4-8H2,1-3H3,(H,17,18,19);4-6H2,1-3H3,(H,16,17,18);4-6H2,1-3H3,(H,15,16,17);4-5H2,1-3H3,(H,15,16,17);4-5H2,1-3H3,(H,14,15,16)/p-5. The lowest BCUT2D eigenvalue weighted by atomic mass is 9.91. The summed E-state index contributed by atoms with van der Waals surface area (Å²) in [5.74, 6) is -16.6. The van der Waals surface area contributed by atoms with Gasteiger partial charge in [-0.1, -0.05) is 34.6 Å². The summed E-state index contributed by atoms with van der Waals surface area (Å²) in [7, 11) is -31.6. The zero-order valence-corrected chi connectivity index (χ0v) is 60.1. The van der Waals surface area contributed by atoms with Crippen molar-refractivity contribution in [2.75, 3.05) is 53.0 Å².